The molecule has 136 valence electrons. The topological polar surface area (TPSA) is 64.5 Å². The van der Waals surface area contributed by atoms with Gasteiger partial charge in [0, 0.05) is 43.5 Å². The maximum Gasteiger partial charge on any atom is 0.227 e. The van der Waals surface area contributed by atoms with Crippen molar-refractivity contribution in [3.63, 3.8) is 0 Å². The number of aryl methyl sites for hydroxylation is 1. The molecule has 6 nitrogen and oxygen atoms in total. The SMILES string of the molecule is Cc1cc(NCCN(C(C)C)C(C)C)nc(N2CCCC2CO)n1. The van der Waals surface area contributed by atoms with Crippen molar-refractivity contribution in [1.29, 1.82) is 0 Å². The standard InChI is InChI=1S/C18H33N5O/c1-13(2)22(14(3)4)10-8-19-17-11-15(5)20-18(21-17)23-9-6-7-16(23)12-24/h11,13-14,16,24H,6-10,12H2,1-5H3,(H,19,20,21). The summed E-state index contributed by atoms with van der Waals surface area (Å²) < 4.78 is 0. The molecule has 24 heavy (non-hydrogen) atoms. The zero-order valence-corrected chi connectivity index (χ0v) is 15.8. The van der Waals surface area contributed by atoms with Gasteiger partial charge in [0.25, 0.3) is 0 Å². The van der Waals surface area contributed by atoms with Crippen LogP contribution in [0.15, 0.2) is 6.07 Å². The van der Waals surface area contributed by atoms with Crippen molar-refractivity contribution in [2.24, 2.45) is 0 Å². The van der Waals surface area contributed by atoms with Crippen LogP contribution >= 0.6 is 0 Å². The highest BCUT2D eigenvalue weighted by atomic mass is 16.3. The summed E-state index contributed by atoms with van der Waals surface area (Å²) in [6.45, 7) is 13.8. The number of hydrogen-bond acceptors (Lipinski definition) is 6. The Morgan fingerprint density at radius 2 is 2.00 bits per heavy atom. The van der Waals surface area contributed by atoms with Crippen LogP contribution in [0.1, 0.15) is 46.2 Å². The number of nitrogens with zero attached hydrogens (tertiary/aromatic N) is 4. The highest BCUT2D eigenvalue weighted by molar-refractivity contribution is 5.45. The van der Waals surface area contributed by atoms with E-state index < -0.39 is 0 Å². The van der Waals surface area contributed by atoms with Gasteiger partial charge in [-0.25, -0.2) is 4.98 Å². The number of nitrogens with one attached hydrogen (secondary N) is 1. The van der Waals surface area contributed by atoms with Gasteiger partial charge >= 0.3 is 0 Å². The molecule has 0 amide bonds. The molecule has 0 saturated carbocycles. The largest absolute Gasteiger partial charge is 0.394 e. The van der Waals surface area contributed by atoms with Crippen molar-refractivity contribution in [3.8, 4) is 0 Å². The Bertz CT molecular complexity index is 512. The molecule has 2 heterocycles. The molecule has 1 aliphatic rings. The van der Waals surface area contributed by atoms with Gasteiger partial charge in [-0.2, -0.15) is 4.98 Å². The first-order chi connectivity index (χ1) is 11.4. The molecule has 1 fully saturated rings. The zero-order chi connectivity index (χ0) is 17.7. The second-order valence-electron chi connectivity index (χ2n) is 7.22. The fourth-order valence-electron chi connectivity index (χ4n) is 3.49. The zero-order valence-electron chi connectivity index (χ0n) is 15.8. The third-order valence-corrected chi connectivity index (χ3v) is 4.69. The van der Waals surface area contributed by atoms with Gasteiger partial charge in [0.1, 0.15) is 5.82 Å². The van der Waals surface area contributed by atoms with E-state index in [2.05, 4.69) is 52.8 Å². The number of hydrogen-bond donors (Lipinski definition) is 2. The fraction of sp³-hybridized carbons (Fsp3) is 0.778. The molecule has 0 aromatic carbocycles. The van der Waals surface area contributed by atoms with Gasteiger partial charge in [-0.15, -0.1) is 0 Å². The third-order valence-electron chi connectivity index (χ3n) is 4.69. The molecule has 1 aromatic rings. The summed E-state index contributed by atoms with van der Waals surface area (Å²) in [7, 11) is 0. The second-order valence-corrected chi connectivity index (χ2v) is 7.22. The minimum absolute atomic E-state index is 0.150. The summed E-state index contributed by atoms with van der Waals surface area (Å²) in [5, 5.41) is 13.0. The van der Waals surface area contributed by atoms with Gasteiger partial charge in [-0.05, 0) is 47.5 Å². The van der Waals surface area contributed by atoms with E-state index in [4.69, 9.17) is 0 Å². The molecular formula is C18H33N5O. The summed E-state index contributed by atoms with van der Waals surface area (Å²) in [5.74, 6) is 1.60. The Balaban J connectivity index is 2.01. The molecule has 1 atom stereocenters. The molecule has 6 heteroatoms. The highest BCUT2D eigenvalue weighted by Gasteiger charge is 2.26. The highest BCUT2D eigenvalue weighted by Crippen LogP contribution is 2.23. The van der Waals surface area contributed by atoms with Gasteiger partial charge in [0.15, 0.2) is 0 Å². The minimum atomic E-state index is 0.150. The molecule has 1 aliphatic heterocycles. The quantitative estimate of drug-likeness (QED) is 0.760. The van der Waals surface area contributed by atoms with Crippen molar-refractivity contribution in [2.45, 2.75) is 65.6 Å². The van der Waals surface area contributed by atoms with Crippen molar-refractivity contribution in [3.05, 3.63) is 11.8 Å². The molecule has 1 aromatic heterocycles. The number of aromatic nitrogens is 2. The molecule has 1 saturated heterocycles. The van der Waals surface area contributed by atoms with Crippen molar-refractivity contribution >= 4 is 11.8 Å². The van der Waals surface area contributed by atoms with Crippen LogP contribution < -0.4 is 10.2 Å². The van der Waals surface area contributed by atoms with E-state index in [0.29, 0.717) is 12.1 Å². The molecule has 1 unspecified atom stereocenters. The minimum Gasteiger partial charge on any atom is -0.394 e. The summed E-state index contributed by atoms with van der Waals surface area (Å²) in [6, 6.07) is 3.20. The molecular weight excluding hydrogens is 302 g/mol. The van der Waals surface area contributed by atoms with E-state index in [1.54, 1.807) is 0 Å². The summed E-state index contributed by atoms with van der Waals surface area (Å²) in [5.41, 5.74) is 0.954. The predicted molar refractivity (Wildman–Crippen MR) is 99.7 cm³/mol. The molecule has 2 N–H and O–H groups in total. The van der Waals surface area contributed by atoms with Crippen molar-refractivity contribution in [1.82, 2.24) is 14.9 Å². The van der Waals surface area contributed by atoms with Crippen LogP contribution in [-0.4, -0.2) is 64.3 Å². The van der Waals surface area contributed by atoms with Crippen molar-refractivity contribution in [2.75, 3.05) is 36.5 Å². The van der Waals surface area contributed by atoms with Gasteiger partial charge in [-0.3, -0.25) is 4.90 Å². The monoisotopic (exact) mass is 335 g/mol. The Labute approximate surface area is 146 Å². The maximum atomic E-state index is 9.52. The number of rotatable bonds is 8. The number of aliphatic hydroxyl groups excluding tert-OH is 1. The lowest BCUT2D eigenvalue weighted by Crippen LogP contribution is -2.40. The van der Waals surface area contributed by atoms with Gasteiger partial charge in [0.05, 0.1) is 12.6 Å². The van der Waals surface area contributed by atoms with E-state index in [-0.39, 0.29) is 12.6 Å². The molecule has 0 bridgehead atoms. The fourth-order valence-corrected chi connectivity index (χ4v) is 3.49. The Morgan fingerprint density at radius 1 is 1.29 bits per heavy atom. The summed E-state index contributed by atoms with van der Waals surface area (Å²) in [6.07, 6.45) is 2.09. The Morgan fingerprint density at radius 3 is 2.62 bits per heavy atom. The first-order valence-electron chi connectivity index (χ1n) is 9.15. The van der Waals surface area contributed by atoms with Gasteiger partial charge < -0.3 is 15.3 Å². The molecule has 0 spiro atoms. The predicted octanol–water partition coefficient (Wildman–Crippen LogP) is 2.28. The normalized spacial score (nSPS) is 18.2. The summed E-state index contributed by atoms with van der Waals surface area (Å²) >= 11 is 0. The van der Waals surface area contributed by atoms with E-state index in [9.17, 15) is 5.11 Å². The Kier molecular flexibility index (Phi) is 6.80. The molecule has 0 radical (unpaired) electrons. The van der Waals surface area contributed by atoms with E-state index in [1.165, 1.54) is 0 Å². The Hall–Kier alpha value is -1.40. The van der Waals surface area contributed by atoms with Crippen LogP contribution in [0.2, 0.25) is 0 Å². The lowest BCUT2D eigenvalue weighted by molar-refractivity contribution is 0.182. The average molecular weight is 335 g/mol. The second kappa shape index (κ2) is 8.62. The lowest BCUT2D eigenvalue weighted by Gasteiger charge is -2.30. The van der Waals surface area contributed by atoms with Crippen LogP contribution in [0.3, 0.4) is 0 Å². The van der Waals surface area contributed by atoms with E-state index in [1.807, 2.05) is 13.0 Å². The van der Waals surface area contributed by atoms with E-state index in [0.717, 1.165) is 49.9 Å². The molecule has 2 rings (SSSR count). The van der Waals surface area contributed by atoms with Crippen LogP contribution in [0.25, 0.3) is 0 Å². The summed E-state index contributed by atoms with van der Waals surface area (Å²) in [4.78, 5) is 13.8. The van der Waals surface area contributed by atoms with Gasteiger partial charge in [-0.1, -0.05) is 0 Å². The molecule has 0 aliphatic carbocycles. The number of anilines is 2. The first kappa shape index (κ1) is 18.9. The lowest BCUT2D eigenvalue weighted by atomic mass is 10.2. The number of aliphatic hydroxyl groups is 1. The smallest absolute Gasteiger partial charge is 0.227 e. The van der Waals surface area contributed by atoms with Crippen LogP contribution in [-0.2, 0) is 0 Å². The van der Waals surface area contributed by atoms with Crippen LogP contribution in [0.4, 0.5) is 11.8 Å². The average Bonchev–Trinajstić information content (AvgIpc) is 2.98. The van der Waals surface area contributed by atoms with Gasteiger partial charge in [0.2, 0.25) is 5.95 Å². The third kappa shape index (κ3) is 4.80. The van der Waals surface area contributed by atoms with Crippen LogP contribution in [0.5, 0.6) is 0 Å². The first-order valence-corrected chi connectivity index (χ1v) is 9.15. The van der Waals surface area contributed by atoms with Crippen molar-refractivity contribution < 1.29 is 5.11 Å². The maximum absolute atomic E-state index is 9.52. The van der Waals surface area contributed by atoms with Crippen LogP contribution in [0, 0.1) is 6.92 Å². The van der Waals surface area contributed by atoms with E-state index >= 15 is 0 Å².